The number of rotatable bonds is 5. The lowest BCUT2D eigenvalue weighted by atomic mass is 9.99. The molecule has 0 amide bonds. The van der Waals surface area contributed by atoms with Crippen LogP contribution in [-0.4, -0.2) is 55.2 Å². The van der Waals surface area contributed by atoms with Gasteiger partial charge in [-0.3, -0.25) is 9.80 Å². The highest BCUT2D eigenvalue weighted by Gasteiger charge is 2.28. The van der Waals surface area contributed by atoms with Crippen LogP contribution in [0.4, 0.5) is 0 Å². The maximum atomic E-state index is 5.85. The molecule has 2 N–H and O–H groups in total. The van der Waals surface area contributed by atoms with Crippen molar-refractivity contribution in [1.82, 2.24) is 9.80 Å². The lowest BCUT2D eigenvalue weighted by molar-refractivity contribution is 0.0432. The fraction of sp³-hybridized carbons (Fsp3) is 0.647. The third kappa shape index (κ3) is 3.96. The van der Waals surface area contributed by atoms with E-state index in [4.69, 9.17) is 10.5 Å². The van der Waals surface area contributed by atoms with Gasteiger partial charge in [-0.1, -0.05) is 18.6 Å². The van der Waals surface area contributed by atoms with Crippen LogP contribution in [0.2, 0.25) is 0 Å². The molecule has 0 aromatic heterocycles. The molecule has 4 nitrogen and oxygen atoms in total. The van der Waals surface area contributed by atoms with Crippen molar-refractivity contribution in [3.8, 4) is 5.75 Å². The monoisotopic (exact) mass is 289 g/mol. The maximum absolute atomic E-state index is 5.85. The molecule has 2 aliphatic heterocycles. The van der Waals surface area contributed by atoms with E-state index >= 15 is 0 Å². The van der Waals surface area contributed by atoms with Gasteiger partial charge in [0.1, 0.15) is 12.4 Å². The predicted molar refractivity (Wildman–Crippen MR) is 85.5 cm³/mol. The zero-order valence-corrected chi connectivity index (χ0v) is 12.8. The van der Waals surface area contributed by atoms with Crippen molar-refractivity contribution < 1.29 is 4.74 Å². The zero-order valence-electron chi connectivity index (χ0n) is 12.8. The van der Waals surface area contributed by atoms with Gasteiger partial charge in [0.15, 0.2) is 0 Å². The van der Waals surface area contributed by atoms with Crippen LogP contribution in [0.5, 0.6) is 5.75 Å². The van der Waals surface area contributed by atoms with E-state index < -0.39 is 0 Å². The molecule has 21 heavy (non-hydrogen) atoms. The molecule has 116 valence electrons. The smallest absolute Gasteiger partial charge is 0.119 e. The first-order chi connectivity index (χ1) is 10.3. The molecule has 1 aromatic carbocycles. The summed E-state index contributed by atoms with van der Waals surface area (Å²) >= 11 is 0. The summed E-state index contributed by atoms with van der Waals surface area (Å²) < 4.78 is 5.85. The third-order valence-corrected chi connectivity index (χ3v) is 4.76. The molecular formula is C17H27N3O. The highest BCUT2D eigenvalue weighted by atomic mass is 16.5. The third-order valence-electron chi connectivity index (χ3n) is 4.76. The number of benzene rings is 1. The number of piperazine rings is 1. The molecule has 0 saturated carbocycles. The van der Waals surface area contributed by atoms with Gasteiger partial charge in [0.05, 0.1) is 0 Å². The molecule has 4 heteroatoms. The normalized spacial score (nSPS) is 23.8. The first kappa shape index (κ1) is 14.8. The quantitative estimate of drug-likeness (QED) is 0.896. The number of nitrogens with two attached hydrogens (primary N) is 1. The molecule has 0 spiro atoms. The van der Waals surface area contributed by atoms with Gasteiger partial charge in [-0.25, -0.2) is 0 Å². The van der Waals surface area contributed by atoms with E-state index in [9.17, 15) is 0 Å². The second-order valence-electron chi connectivity index (χ2n) is 6.18. The van der Waals surface area contributed by atoms with E-state index in [1.54, 1.807) is 0 Å². The van der Waals surface area contributed by atoms with Crippen molar-refractivity contribution in [2.24, 2.45) is 5.73 Å². The van der Waals surface area contributed by atoms with Crippen LogP contribution in [0.3, 0.4) is 0 Å². The van der Waals surface area contributed by atoms with Crippen LogP contribution in [0, 0.1) is 0 Å². The van der Waals surface area contributed by atoms with E-state index in [0.29, 0.717) is 6.54 Å². The Hall–Kier alpha value is -1.10. The predicted octanol–water partition coefficient (Wildman–Crippen LogP) is 1.69. The van der Waals surface area contributed by atoms with Crippen molar-refractivity contribution in [2.75, 3.05) is 39.3 Å². The topological polar surface area (TPSA) is 41.7 Å². The molecule has 3 rings (SSSR count). The lowest BCUT2D eigenvalue weighted by Gasteiger charge is -2.44. The fourth-order valence-electron chi connectivity index (χ4n) is 3.44. The van der Waals surface area contributed by atoms with Crippen molar-refractivity contribution >= 4 is 0 Å². The number of ether oxygens (including phenoxy) is 1. The summed E-state index contributed by atoms with van der Waals surface area (Å²) in [5, 5.41) is 0. The summed E-state index contributed by atoms with van der Waals surface area (Å²) in [5.41, 5.74) is 6.75. The molecule has 2 heterocycles. The highest BCUT2D eigenvalue weighted by molar-refractivity contribution is 5.27. The Morgan fingerprint density at radius 3 is 2.76 bits per heavy atom. The Bertz CT molecular complexity index is 434. The average Bonchev–Trinajstić information content (AvgIpc) is 2.55. The molecule has 2 saturated heterocycles. The van der Waals surface area contributed by atoms with Crippen LogP contribution < -0.4 is 10.5 Å². The van der Waals surface area contributed by atoms with Gasteiger partial charge in [0.25, 0.3) is 0 Å². The van der Waals surface area contributed by atoms with Gasteiger partial charge in [-0.15, -0.1) is 0 Å². The van der Waals surface area contributed by atoms with Crippen LogP contribution in [0.1, 0.15) is 24.8 Å². The van der Waals surface area contributed by atoms with Crippen LogP contribution in [-0.2, 0) is 6.54 Å². The minimum Gasteiger partial charge on any atom is -0.492 e. The molecule has 2 aliphatic rings. The van der Waals surface area contributed by atoms with Crippen molar-refractivity contribution in [1.29, 1.82) is 0 Å². The van der Waals surface area contributed by atoms with Crippen LogP contribution in [0.15, 0.2) is 24.3 Å². The van der Waals surface area contributed by atoms with Gasteiger partial charge in [-0.2, -0.15) is 0 Å². The van der Waals surface area contributed by atoms with Gasteiger partial charge in [0.2, 0.25) is 0 Å². The van der Waals surface area contributed by atoms with Crippen molar-refractivity contribution in [3.63, 3.8) is 0 Å². The SMILES string of the molecule is NCc1ccc(OCCN2CCN3CCCCC3C2)cc1. The van der Waals surface area contributed by atoms with E-state index in [2.05, 4.69) is 9.80 Å². The van der Waals surface area contributed by atoms with Crippen molar-refractivity contribution in [3.05, 3.63) is 29.8 Å². The Kier molecular flexibility index (Phi) is 5.12. The van der Waals surface area contributed by atoms with E-state index in [1.165, 1.54) is 45.4 Å². The summed E-state index contributed by atoms with van der Waals surface area (Å²) in [6, 6.07) is 8.89. The van der Waals surface area contributed by atoms with Crippen LogP contribution in [0.25, 0.3) is 0 Å². The second-order valence-corrected chi connectivity index (χ2v) is 6.18. The standard InChI is InChI=1S/C17H27N3O/c18-13-15-4-6-17(7-5-15)21-12-11-19-9-10-20-8-2-1-3-16(20)14-19/h4-7,16H,1-3,8-14,18H2. The van der Waals surface area contributed by atoms with Gasteiger partial charge in [-0.05, 0) is 37.1 Å². The Labute approximate surface area is 127 Å². The Morgan fingerprint density at radius 2 is 1.95 bits per heavy atom. The number of nitrogens with zero attached hydrogens (tertiary/aromatic N) is 2. The van der Waals surface area contributed by atoms with Gasteiger partial charge < -0.3 is 10.5 Å². The van der Waals surface area contributed by atoms with Gasteiger partial charge in [0, 0.05) is 38.8 Å². The first-order valence-corrected chi connectivity index (χ1v) is 8.23. The first-order valence-electron chi connectivity index (χ1n) is 8.23. The average molecular weight is 289 g/mol. The van der Waals surface area contributed by atoms with Gasteiger partial charge >= 0.3 is 0 Å². The Balaban J connectivity index is 1.40. The fourth-order valence-corrected chi connectivity index (χ4v) is 3.44. The number of hydrogen-bond acceptors (Lipinski definition) is 4. The summed E-state index contributed by atoms with van der Waals surface area (Å²) in [4.78, 5) is 5.23. The maximum Gasteiger partial charge on any atom is 0.119 e. The number of fused-ring (bicyclic) bond motifs is 1. The molecule has 1 atom stereocenters. The van der Waals surface area contributed by atoms with E-state index in [1.807, 2.05) is 24.3 Å². The second kappa shape index (κ2) is 7.25. The molecule has 0 bridgehead atoms. The van der Waals surface area contributed by atoms with E-state index in [-0.39, 0.29) is 0 Å². The number of hydrogen-bond donors (Lipinski definition) is 1. The summed E-state index contributed by atoms with van der Waals surface area (Å²) in [6.45, 7) is 7.34. The molecule has 1 aromatic rings. The highest BCUT2D eigenvalue weighted by Crippen LogP contribution is 2.21. The minimum atomic E-state index is 0.589. The minimum absolute atomic E-state index is 0.589. The molecule has 0 aliphatic carbocycles. The Morgan fingerprint density at radius 1 is 1.10 bits per heavy atom. The number of piperidine rings is 1. The van der Waals surface area contributed by atoms with Crippen LogP contribution >= 0.6 is 0 Å². The molecular weight excluding hydrogens is 262 g/mol. The lowest BCUT2D eigenvalue weighted by Crippen LogP contribution is -2.55. The molecule has 1 unspecified atom stereocenters. The zero-order chi connectivity index (χ0) is 14.5. The summed E-state index contributed by atoms with van der Waals surface area (Å²) in [7, 11) is 0. The largest absolute Gasteiger partial charge is 0.492 e. The van der Waals surface area contributed by atoms with Crippen molar-refractivity contribution in [2.45, 2.75) is 31.8 Å². The summed E-state index contributed by atoms with van der Waals surface area (Å²) in [6.07, 6.45) is 4.16. The summed E-state index contributed by atoms with van der Waals surface area (Å²) in [5.74, 6) is 0.948. The van der Waals surface area contributed by atoms with E-state index in [0.717, 1.165) is 30.5 Å². The molecule has 0 radical (unpaired) electrons. The molecule has 2 fully saturated rings.